The Morgan fingerprint density at radius 2 is 1.75 bits per heavy atom. The summed E-state index contributed by atoms with van der Waals surface area (Å²) in [5.74, 6) is -0.873. The van der Waals surface area contributed by atoms with E-state index in [1.54, 1.807) is 23.1 Å². The Morgan fingerprint density at radius 1 is 1.00 bits per heavy atom. The van der Waals surface area contributed by atoms with E-state index >= 15 is 0 Å². The van der Waals surface area contributed by atoms with E-state index < -0.39 is 5.82 Å². The quantitative estimate of drug-likeness (QED) is 0.550. The van der Waals surface area contributed by atoms with Gasteiger partial charge in [-0.3, -0.25) is 19.3 Å². The molecule has 0 spiro atoms. The molecule has 2 bridgehead atoms. The second kappa shape index (κ2) is 6.65. The monoisotopic (exact) mass is 484 g/mol. The number of H-pyrrole nitrogens is 1. The van der Waals surface area contributed by atoms with Crippen molar-refractivity contribution in [2.45, 2.75) is 22.6 Å². The molecule has 3 fully saturated rings. The highest BCUT2D eigenvalue weighted by Crippen LogP contribution is 2.68. The maximum absolute atomic E-state index is 13.5. The molecule has 2 amide bonds. The smallest absolute Gasteiger partial charge is 0.305 e. The topological polar surface area (TPSA) is 70.2 Å². The molecule has 5 nitrogen and oxygen atoms in total. The highest BCUT2D eigenvalue weighted by atomic mass is 32.2. The van der Waals surface area contributed by atoms with Crippen LogP contribution in [0.5, 0.6) is 0 Å². The van der Waals surface area contributed by atoms with E-state index in [2.05, 4.69) is 16.4 Å². The average molecular weight is 485 g/mol. The van der Waals surface area contributed by atoms with Crippen molar-refractivity contribution in [2.75, 3.05) is 4.90 Å². The molecule has 2 aliphatic heterocycles. The van der Waals surface area contributed by atoms with Crippen LogP contribution in [-0.2, 0) is 9.59 Å². The van der Waals surface area contributed by atoms with Crippen LogP contribution in [0.4, 0.5) is 10.1 Å². The number of aromatic amines is 1. The first-order chi connectivity index (χ1) is 15.5. The van der Waals surface area contributed by atoms with Crippen molar-refractivity contribution in [1.82, 2.24) is 4.98 Å². The molecule has 3 aromatic rings. The summed E-state index contributed by atoms with van der Waals surface area (Å²) in [7, 11) is 0. The minimum Gasteiger partial charge on any atom is -0.307 e. The maximum atomic E-state index is 13.5. The number of aromatic nitrogens is 1. The predicted molar refractivity (Wildman–Crippen MR) is 122 cm³/mol. The van der Waals surface area contributed by atoms with E-state index in [1.807, 2.05) is 6.07 Å². The van der Waals surface area contributed by atoms with Gasteiger partial charge in [0, 0.05) is 20.9 Å². The largest absolute Gasteiger partial charge is 0.307 e. The number of carbonyl (C=O) groups is 2. The second-order valence-electron chi connectivity index (χ2n) is 8.96. The van der Waals surface area contributed by atoms with Gasteiger partial charge in [0.25, 0.3) is 0 Å². The van der Waals surface area contributed by atoms with Gasteiger partial charge in [0.2, 0.25) is 11.8 Å². The zero-order valence-corrected chi connectivity index (χ0v) is 19.0. The summed E-state index contributed by atoms with van der Waals surface area (Å²) in [6.07, 6.45) is 0.869. The lowest BCUT2D eigenvalue weighted by Gasteiger charge is -2.42. The number of hydrogen-bond acceptors (Lipinski definition) is 6. The third kappa shape index (κ3) is 2.42. The molecule has 2 saturated carbocycles. The number of anilines is 1. The summed E-state index contributed by atoms with van der Waals surface area (Å²) in [6, 6.07) is 9.73. The number of thiophene rings is 1. The van der Waals surface area contributed by atoms with Crippen LogP contribution in [0.2, 0.25) is 0 Å². The standard InChI is InChI=1S/C23H17FN2O3S3/c24-9-3-5-10(6-4-9)26-21(27)15-11-8-12(16(15)22(26)28)18-14(11)17(13-2-1-7-30-13)19-20(31-18)25-23(29)32-19/h1-7,11-12,14-18H,8H2,(H,25,29)/t11-,12+,14+,15+,16+,17-,18-/m0/s1. The van der Waals surface area contributed by atoms with Crippen LogP contribution in [0.3, 0.4) is 0 Å². The lowest BCUT2D eigenvalue weighted by Crippen LogP contribution is -2.42. The molecule has 1 saturated heterocycles. The normalized spacial score (nSPS) is 34.7. The fourth-order valence-corrected chi connectivity index (χ4v) is 10.5. The number of halogens is 1. The predicted octanol–water partition coefficient (Wildman–Crippen LogP) is 4.31. The Bertz CT molecular complexity index is 1310. The van der Waals surface area contributed by atoms with Gasteiger partial charge in [-0.05, 0) is 59.9 Å². The molecule has 4 heterocycles. The van der Waals surface area contributed by atoms with Crippen LogP contribution in [0.15, 0.2) is 51.6 Å². The van der Waals surface area contributed by atoms with Gasteiger partial charge in [0.1, 0.15) is 5.82 Å². The first kappa shape index (κ1) is 19.3. The van der Waals surface area contributed by atoms with Crippen molar-refractivity contribution >= 4 is 51.9 Å². The Morgan fingerprint density at radius 3 is 2.47 bits per heavy atom. The molecule has 4 aliphatic rings. The molecule has 1 N–H and O–H groups in total. The average Bonchev–Trinajstić information content (AvgIpc) is 3.57. The van der Waals surface area contributed by atoms with E-state index in [0.29, 0.717) is 5.69 Å². The number of nitrogens with one attached hydrogen (secondary N) is 1. The van der Waals surface area contributed by atoms with Crippen molar-refractivity contribution < 1.29 is 14.0 Å². The third-order valence-corrected chi connectivity index (χ3v) is 11.2. The number of thioether (sulfide) groups is 1. The zero-order valence-electron chi connectivity index (χ0n) is 16.6. The van der Waals surface area contributed by atoms with Crippen molar-refractivity contribution in [1.29, 1.82) is 0 Å². The van der Waals surface area contributed by atoms with Gasteiger partial charge in [-0.15, -0.1) is 23.1 Å². The summed E-state index contributed by atoms with van der Waals surface area (Å²) in [4.78, 5) is 45.7. The molecule has 0 unspecified atom stereocenters. The molecule has 9 heteroatoms. The lowest BCUT2D eigenvalue weighted by atomic mass is 9.69. The number of fused-ring (bicyclic) bond motifs is 9. The number of benzene rings is 1. The van der Waals surface area contributed by atoms with Crippen LogP contribution in [0, 0.1) is 35.4 Å². The Balaban J connectivity index is 1.32. The highest BCUT2D eigenvalue weighted by Gasteiger charge is 2.69. The molecular weight excluding hydrogens is 467 g/mol. The number of nitrogens with zero attached hydrogens (tertiary/aromatic N) is 1. The van der Waals surface area contributed by atoms with Gasteiger partial charge in [0.05, 0.1) is 22.5 Å². The van der Waals surface area contributed by atoms with E-state index in [1.165, 1.54) is 45.4 Å². The number of rotatable bonds is 2. The number of thiazole rings is 1. The Labute approximate surface area is 194 Å². The molecule has 2 aromatic heterocycles. The molecular formula is C23H17FN2O3S3. The van der Waals surface area contributed by atoms with E-state index in [0.717, 1.165) is 16.3 Å². The molecule has 162 valence electrons. The van der Waals surface area contributed by atoms with Crippen LogP contribution in [0.1, 0.15) is 22.1 Å². The molecule has 32 heavy (non-hydrogen) atoms. The minimum absolute atomic E-state index is 0.0498. The van der Waals surface area contributed by atoms with Crippen molar-refractivity contribution in [3.8, 4) is 0 Å². The van der Waals surface area contributed by atoms with Gasteiger partial charge in [0.15, 0.2) is 0 Å². The maximum Gasteiger partial charge on any atom is 0.305 e. The first-order valence-corrected chi connectivity index (χ1v) is 13.2. The fourth-order valence-electron chi connectivity index (χ4n) is 6.65. The number of hydrogen-bond donors (Lipinski definition) is 1. The Kier molecular flexibility index (Phi) is 4.00. The van der Waals surface area contributed by atoms with E-state index in [-0.39, 0.29) is 57.4 Å². The lowest BCUT2D eigenvalue weighted by molar-refractivity contribution is -0.123. The van der Waals surface area contributed by atoms with Crippen LogP contribution >= 0.6 is 34.4 Å². The van der Waals surface area contributed by atoms with Crippen molar-refractivity contribution in [3.63, 3.8) is 0 Å². The van der Waals surface area contributed by atoms with Gasteiger partial charge in [-0.25, -0.2) is 4.39 Å². The molecule has 1 aromatic carbocycles. The summed E-state index contributed by atoms with van der Waals surface area (Å²) < 4.78 is 13.4. The number of carbonyl (C=O) groups excluding carboxylic acids is 2. The zero-order chi connectivity index (χ0) is 21.7. The molecule has 7 rings (SSSR count). The SMILES string of the molecule is O=C1[C@@H]2[C@H]3C[C@@H]([C@@H]4Sc5[nH]c(=O)sc5[C@@H](c5cccs5)[C@@H]34)[C@H]2C(=O)N1c1ccc(F)cc1. The van der Waals surface area contributed by atoms with Crippen LogP contribution in [-0.4, -0.2) is 22.0 Å². The second-order valence-corrected chi connectivity index (χ2v) is 12.1. The number of amides is 2. The van der Waals surface area contributed by atoms with Gasteiger partial charge in [-0.2, -0.15) is 0 Å². The van der Waals surface area contributed by atoms with E-state index in [9.17, 15) is 18.8 Å². The fraction of sp³-hybridized carbons (Fsp3) is 0.348. The summed E-state index contributed by atoms with van der Waals surface area (Å²) in [5.41, 5.74) is 0.448. The van der Waals surface area contributed by atoms with Crippen molar-refractivity contribution in [2.24, 2.45) is 29.6 Å². The number of imide groups is 1. The molecule has 2 aliphatic carbocycles. The summed E-state index contributed by atoms with van der Waals surface area (Å²) in [5, 5.41) is 3.17. The van der Waals surface area contributed by atoms with Crippen molar-refractivity contribution in [3.05, 3.63) is 67.0 Å². The molecule has 7 atom stereocenters. The summed E-state index contributed by atoms with van der Waals surface area (Å²) in [6.45, 7) is 0. The third-order valence-electron chi connectivity index (χ3n) is 7.66. The minimum atomic E-state index is -0.394. The van der Waals surface area contributed by atoms with Crippen LogP contribution in [0.25, 0.3) is 0 Å². The highest BCUT2D eigenvalue weighted by molar-refractivity contribution is 8.00. The summed E-state index contributed by atoms with van der Waals surface area (Å²) >= 11 is 4.65. The van der Waals surface area contributed by atoms with Crippen LogP contribution < -0.4 is 9.77 Å². The Hall–Kier alpha value is -2.23. The van der Waals surface area contributed by atoms with Gasteiger partial charge >= 0.3 is 4.87 Å². The molecule has 0 radical (unpaired) electrons. The first-order valence-electron chi connectivity index (χ1n) is 10.6. The van der Waals surface area contributed by atoms with Gasteiger partial charge in [-0.1, -0.05) is 17.4 Å². The van der Waals surface area contributed by atoms with Gasteiger partial charge < -0.3 is 4.98 Å². The van der Waals surface area contributed by atoms with E-state index in [4.69, 9.17) is 0 Å².